The number of nitrogens with zero attached hydrogens (tertiary/aromatic N) is 1. The first-order chi connectivity index (χ1) is 16.7. The zero-order valence-electron chi connectivity index (χ0n) is 19.7. The number of fused-ring (bicyclic) bond motifs is 1. The van der Waals surface area contributed by atoms with Crippen molar-refractivity contribution in [1.82, 2.24) is 15.6 Å². The topological polar surface area (TPSA) is 66.0 Å². The maximum atomic E-state index is 13.6. The molecule has 2 saturated carbocycles. The molecule has 1 amide bonds. The van der Waals surface area contributed by atoms with Crippen LogP contribution in [0.5, 0.6) is 0 Å². The Hall–Kier alpha value is -2.87. The second-order valence-corrected chi connectivity index (χ2v) is 10.2. The number of carbonyl (C=O) groups is 1. The van der Waals surface area contributed by atoms with E-state index in [-0.39, 0.29) is 23.6 Å². The van der Waals surface area contributed by atoms with Crippen molar-refractivity contribution in [1.29, 1.82) is 0 Å². The minimum Gasteiger partial charge on any atom is -0.382 e. The van der Waals surface area contributed by atoms with Gasteiger partial charge in [-0.2, -0.15) is 13.2 Å². The number of anilines is 1. The fraction of sp³-hybridized carbons (Fsp3) is 0.481. The summed E-state index contributed by atoms with van der Waals surface area (Å²) < 4.78 is 40.9. The Labute approximate surface area is 203 Å². The summed E-state index contributed by atoms with van der Waals surface area (Å²) in [4.78, 5) is 16.1. The molecule has 0 unspecified atom stereocenters. The Kier molecular flexibility index (Phi) is 6.34. The fourth-order valence-corrected chi connectivity index (χ4v) is 5.13. The SMILES string of the molecule is C=C(c1nc(/C=C/CNC(=O)C2CC2)cc2c(NC3CCC4(CC3)CNC4)cccc12)C(F)(F)F. The number of allylic oxidation sites excluding steroid dienone is 1. The lowest BCUT2D eigenvalue weighted by molar-refractivity contribution is -0.122. The molecule has 0 atom stereocenters. The van der Waals surface area contributed by atoms with E-state index in [1.807, 2.05) is 12.1 Å². The van der Waals surface area contributed by atoms with Gasteiger partial charge in [0.25, 0.3) is 0 Å². The Morgan fingerprint density at radius 2 is 1.91 bits per heavy atom. The van der Waals surface area contributed by atoms with E-state index in [1.165, 1.54) is 0 Å². The molecule has 2 aliphatic carbocycles. The van der Waals surface area contributed by atoms with Gasteiger partial charge in [0.05, 0.1) is 17.0 Å². The molecule has 186 valence electrons. The van der Waals surface area contributed by atoms with Crippen molar-refractivity contribution in [2.75, 3.05) is 25.0 Å². The van der Waals surface area contributed by atoms with E-state index in [9.17, 15) is 18.0 Å². The molecule has 3 aliphatic rings. The van der Waals surface area contributed by atoms with Crippen LogP contribution in [-0.4, -0.2) is 42.7 Å². The number of nitrogens with one attached hydrogen (secondary N) is 3. The van der Waals surface area contributed by atoms with Gasteiger partial charge >= 0.3 is 6.18 Å². The summed E-state index contributed by atoms with van der Waals surface area (Å²) in [5.74, 6) is 0.124. The lowest BCUT2D eigenvalue weighted by Gasteiger charge is -2.47. The predicted octanol–water partition coefficient (Wildman–Crippen LogP) is 5.29. The summed E-state index contributed by atoms with van der Waals surface area (Å²) in [6, 6.07) is 7.44. The standard InChI is InChI=1S/C27H31F3N4O/c1-17(27(28,29)30)24-21-5-2-6-23(33-19-9-11-26(12-10-19)15-31-16-26)22(21)14-20(34-24)4-3-13-32-25(35)18-7-8-18/h2-6,14,18-19,31,33H,1,7-13,15-16H2,(H,32,35)/b4-3+. The Bertz CT molecular complexity index is 1150. The molecule has 1 spiro atoms. The van der Waals surface area contributed by atoms with E-state index in [0.717, 1.165) is 57.3 Å². The maximum Gasteiger partial charge on any atom is 0.417 e. The van der Waals surface area contributed by atoms with Crippen molar-refractivity contribution in [2.24, 2.45) is 11.3 Å². The molecule has 1 aliphatic heterocycles. The summed E-state index contributed by atoms with van der Waals surface area (Å²) in [7, 11) is 0. The zero-order chi connectivity index (χ0) is 24.6. The summed E-state index contributed by atoms with van der Waals surface area (Å²) in [6.45, 7) is 5.79. The quantitative estimate of drug-likeness (QED) is 0.499. The molecule has 2 heterocycles. The van der Waals surface area contributed by atoms with Crippen molar-refractivity contribution in [2.45, 2.75) is 50.7 Å². The average molecular weight is 485 g/mol. The van der Waals surface area contributed by atoms with Crippen LogP contribution in [0.1, 0.15) is 49.9 Å². The largest absolute Gasteiger partial charge is 0.417 e. The number of pyridine rings is 1. The van der Waals surface area contributed by atoms with E-state index in [1.54, 1.807) is 24.3 Å². The molecule has 0 radical (unpaired) electrons. The van der Waals surface area contributed by atoms with Crippen LogP contribution >= 0.6 is 0 Å². The first-order valence-electron chi connectivity index (χ1n) is 12.4. The highest BCUT2D eigenvalue weighted by Crippen LogP contribution is 2.41. The molecule has 3 fully saturated rings. The van der Waals surface area contributed by atoms with Crippen LogP contribution < -0.4 is 16.0 Å². The number of alkyl halides is 3. The molecule has 1 aromatic carbocycles. The van der Waals surface area contributed by atoms with Crippen molar-refractivity contribution >= 4 is 34.0 Å². The highest BCUT2D eigenvalue weighted by Gasteiger charge is 2.40. The van der Waals surface area contributed by atoms with Crippen molar-refractivity contribution in [3.63, 3.8) is 0 Å². The van der Waals surface area contributed by atoms with Gasteiger partial charge in [0, 0.05) is 48.1 Å². The van der Waals surface area contributed by atoms with Gasteiger partial charge in [-0.3, -0.25) is 4.79 Å². The van der Waals surface area contributed by atoms with E-state index in [0.29, 0.717) is 28.4 Å². The lowest BCUT2D eigenvalue weighted by Crippen LogP contribution is -2.55. The predicted molar refractivity (Wildman–Crippen MR) is 133 cm³/mol. The fourth-order valence-electron chi connectivity index (χ4n) is 5.13. The monoisotopic (exact) mass is 484 g/mol. The zero-order valence-corrected chi connectivity index (χ0v) is 19.7. The van der Waals surface area contributed by atoms with E-state index in [4.69, 9.17) is 0 Å². The summed E-state index contributed by atoms with van der Waals surface area (Å²) in [5, 5.41) is 10.9. The van der Waals surface area contributed by atoms with Gasteiger partial charge in [0.2, 0.25) is 5.91 Å². The summed E-state index contributed by atoms with van der Waals surface area (Å²) in [6.07, 6.45) is 5.01. The Balaban J connectivity index is 1.41. The van der Waals surface area contributed by atoms with Crippen molar-refractivity contribution < 1.29 is 18.0 Å². The number of carbonyl (C=O) groups excluding carboxylic acids is 1. The van der Waals surface area contributed by atoms with Gasteiger partial charge < -0.3 is 16.0 Å². The van der Waals surface area contributed by atoms with Crippen LogP contribution in [0.15, 0.2) is 36.9 Å². The minimum absolute atomic E-state index is 0.0192. The number of aromatic nitrogens is 1. The number of hydrogen-bond donors (Lipinski definition) is 3. The molecule has 2 aromatic rings. The van der Waals surface area contributed by atoms with Gasteiger partial charge in [-0.1, -0.05) is 24.8 Å². The smallest absolute Gasteiger partial charge is 0.382 e. The molecular formula is C27H31F3N4O. The second kappa shape index (κ2) is 9.30. The molecule has 1 aromatic heterocycles. The first kappa shape index (κ1) is 23.9. The molecule has 0 bridgehead atoms. The second-order valence-electron chi connectivity index (χ2n) is 10.2. The maximum absolute atomic E-state index is 13.6. The summed E-state index contributed by atoms with van der Waals surface area (Å²) in [5.41, 5.74) is 0.518. The number of hydrogen-bond acceptors (Lipinski definition) is 4. The molecular weight excluding hydrogens is 453 g/mol. The average Bonchev–Trinajstić information content (AvgIpc) is 3.66. The van der Waals surface area contributed by atoms with Gasteiger partial charge in [0.15, 0.2) is 0 Å². The van der Waals surface area contributed by atoms with Gasteiger partial charge in [0.1, 0.15) is 0 Å². The van der Waals surface area contributed by atoms with Gasteiger partial charge in [-0.15, -0.1) is 0 Å². The van der Waals surface area contributed by atoms with Gasteiger partial charge in [-0.25, -0.2) is 4.98 Å². The number of rotatable bonds is 7. The Morgan fingerprint density at radius 3 is 2.54 bits per heavy atom. The van der Waals surface area contributed by atoms with Crippen LogP contribution in [0.25, 0.3) is 22.4 Å². The number of amides is 1. The normalized spacial score (nSPS) is 20.2. The van der Waals surface area contributed by atoms with Crippen molar-refractivity contribution in [3.8, 4) is 0 Å². The molecule has 5 rings (SSSR count). The molecule has 5 nitrogen and oxygen atoms in total. The Morgan fingerprint density at radius 1 is 1.17 bits per heavy atom. The molecule has 35 heavy (non-hydrogen) atoms. The summed E-state index contributed by atoms with van der Waals surface area (Å²) >= 11 is 0. The molecule has 3 N–H and O–H groups in total. The number of halogens is 3. The molecule has 8 heteroatoms. The lowest BCUT2D eigenvalue weighted by atomic mass is 9.68. The third-order valence-corrected chi connectivity index (χ3v) is 7.56. The third-order valence-electron chi connectivity index (χ3n) is 7.56. The van der Waals surface area contributed by atoms with Crippen LogP contribution in [0.3, 0.4) is 0 Å². The van der Waals surface area contributed by atoms with E-state index >= 15 is 0 Å². The highest BCUT2D eigenvalue weighted by molar-refractivity contribution is 6.00. The van der Waals surface area contributed by atoms with Crippen LogP contribution in [-0.2, 0) is 4.79 Å². The van der Waals surface area contributed by atoms with Crippen LogP contribution in [0, 0.1) is 11.3 Å². The highest BCUT2D eigenvalue weighted by atomic mass is 19.4. The minimum atomic E-state index is -4.58. The van der Waals surface area contributed by atoms with Crippen LogP contribution in [0.4, 0.5) is 18.9 Å². The third kappa shape index (κ3) is 5.22. The van der Waals surface area contributed by atoms with E-state index in [2.05, 4.69) is 27.5 Å². The van der Waals surface area contributed by atoms with Crippen LogP contribution in [0.2, 0.25) is 0 Å². The van der Waals surface area contributed by atoms with E-state index < -0.39 is 11.7 Å². The molecule has 1 saturated heterocycles. The van der Waals surface area contributed by atoms with Crippen molar-refractivity contribution in [3.05, 3.63) is 48.3 Å². The van der Waals surface area contributed by atoms with Gasteiger partial charge in [-0.05, 0) is 62.1 Å². The number of benzene rings is 1. The first-order valence-corrected chi connectivity index (χ1v) is 12.4.